The third-order valence-electron chi connectivity index (χ3n) is 4.84. The van der Waals surface area contributed by atoms with Crippen LogP contribution in [0.15, 0.2) is 12.2 Å². The van der Waals surface area contributed by atoms with Crippen LogP contribution in [0.3, 0.4) is 0 Å². The van der Waals surface area contributed by atoms with Crippen LogP contribution >= 0.6 is 0 Å². The molecule has 0 aromatic heterocycles. The monoisotopic (exact) mass is 222 g/mol. The van der Waals surface area contributed by atoms with Crippen LogP contribution in [-0.2, 0) is 4.79 Å². The van der Waals surface area contributed by atoms with Gasteiger partial charge in [-0.05, 0) is 48.9 Å². The van der Waals surface area contributed by atoms with E-state index < -0.39 is 5.97 Å². The van der Waals surface area contributed by atoms with E-state index in [2.05, 4.69) is 19.9 Å². The Morgan fingerprint density at radius 3 is 2.38 bits per heavy atom. The van der Waals surface area contributed by atoms with Gasteiger partial charge in [-0.15, -0.1) is 0 Å². The van der Waals surface area contributed by atoms with Crippen LogP contribution in [0.1, 0.15) is 46.0 Å². The Morgan fingerprint density at radius 1 is 1.25 bits per heavy atom. The molecule has 2 nitrogen and oxygen atoms in total. The molecule has 1 N–H and O–H groups in total. The normalized spacial score (nSPS) is 36.0. The Kier molecular flexibility index (Phi) is 3.09. The average Bonchev–Trinajstić information content (AvgIpc) is 2.24. The number of hydrogen-bond acceptors (Lipinski definition) is 1. The first kappa shape index (κ1) is 11.7. The number of allylic oxidation sites excluding steroid dienone is 1. The number of rotatable bonds is 4. The summed E-state index contributed by atoms with van der Waals surface area (Å²) in [6.45, 7) is 4.81. The number of fused-ring (bicyclic) bond motifs is 2. The topological polar surface area (TPSA) is 37.3 Å². The molecule has 0 heterocycles. The summed E-state index contributed by atoms with van der Waals surface area (Å²) in [5.74, 6) is 1.92. The quantitative estimate of drug-likeness (QED) is 0.739. The minimum absolute atomic E-state index is 0.172. The Morgan fingerprint density at radius 2 is 1.88 bits per heavy atom. The first-order valence-corrected chi connectivity index (χ1v) is 6.37. The third-order valence-corrected chi connectivity index (χ3v) is 4.84. The molecule has 16 heavy (non-hydrogen) atoms. The van der Waals surface area contributed by atoms with Gasteiger partial charge < -0.3 is 5.11 Å². The Balaban J connectivity index is 1.74. The van der Waals surface area contributed by atoms with Crippen molar-refractivity contribution in [1.82, 2.24) is 0 Å². The highest BCUT2D eigenvalue weighted by Gasteiger charge is 2.52. The molecule has 3 fully saturated rings. The molecule has 3 atom stereocenters. The van der Waals surface area contributed by atoms with Crippen LogP contribution in [0.2, 0.25) is 0 Å². The number of aliphatic carboxylic acids is 1. The predicted molar refractivity (Wildman–Crippen MR) is 64.1 cm³/mol. The molecule has 0 saturated heterocycles. The van der Waals surface area contributed by atoms with Crippen molar-refractivity contribution in [2.75, 3.05) is 0 Å². The zero-order chi connectivity index (χ0) is 11.8. The standard InChI is InChI=1S/C14H22O2/c1-14(2)11-7-10(8-12(14)9-11)5-3-4-6-13(15)16/h3-4,10-12H,5-9H2,1-2H3,(H,15,16)/b4-3+/t10?,11-,12+. The fourth-order valence-electron chi connectivity index (χ4n) is 3.49. The number of carboxylic acid groups (broad SMARTS) is 1. The zero-order valence-corrected chi connectivity index (χ0v) is 10.3. The maximum atomic E-state index is 10.3. The molecule has 3 aliphatic rings. The molecular weight excluding hydrogens is 200 g/mol. The van der Waals surface area contributed by atoms with Gasteiger partial charge in [-0.1, -0.05) is 26.0 Å². The van der Waals surface area contributed by atoms with Crippen LogP contribution < -0.4 is 0 Å². The van der Waals surface area contributed by atoms with Crippen molar-refractivity contribution in [2.45, 2.75) is 46.0 Å². The largest absolute Gasteiger partial charge is 0.481 e. The summed E-state index contributed by atoms with van der Waals surface area (Å²) in [5, 5.41) is 8.52. The molecular formula is C14H22O2. The molecule has 0 aromatic rings. The number of carboxylic acids is 1. The van der Waals surface area contributed by atoms with E-state index in [1.807, 2.05) is 0 Å². The lowest BCUT2D eigenvalue weighted by Gasteiger charge is -2.59. The van der Waals surface area contributed by atoms with Gasteiger partial charge in [0.1, 0.15) is 0 Å². The van der Waals surface area contributed by atoms with Crippen molar-refractivity contribution in [1.29, 1.82) is 0 Å². The van der Waals surface area contributed by atoms with Gasteiger partial charge in [0.05, 0.1) is 6.42 Å². The minimum Gasteiger partial charge on any atom is -0.481 e. The summed E-state index contributed by atoms with van der Waals surface area (Å²) >= 11 is 0. The van der Waals surface area contributed by atoms with Gasteiger partial charge in [-0.2, -0.15) is 0 Å². The molecule has 0 radical (unpaired) electrons. The van der Waals surface area contributed by atoms with E-state index in [1.54, 1.807) is 6.08 Å². The molecule has 0 aliphatic heterocycles. The van der Waals surface area contributed by atoms with E-state index in [0.29, 0.717) is 5.41 Å². The molecule has 0 aromatic carbocycles. The van der Waals surface area contributed by atoms with Gasteiger partial charge >= 0.3 is 5.97 Å². The molecule has 1 unspecified atom stereocenters. The van der Waals surface area contributed by atoms with Crippen LogP contribution in [0.4, 0.5) is 0 Å². The van der Waals surface area contributed by atoms with Crippen LogP contribution in [-0.4, -0.2) is 11.1 Å². The van der Waals surface area contributed by atoms with Crippen LogP contribution in [0, 0.1) is 23.2 Å². The minimum atomic E-state index is -0.733. The van der Waals surface area contributed by atoms with E-state index in [-0.39, 0.29) is 6.42 Å². The van der Waals surface area contributed by atoms with Gasteiger partial charge in [-0.3, -0.25) is 4.79 Å². The van der Waals surface area contributed by atoms with Gasteiger partial charge in [0.2, 0.25) is 0 Å². The predicted octanol–water partition coefficient (Wildman–Crippen LogP) is 3.48. The fourth-order valence-corrected chi connectivity index (χ4v) is 3.49. The highest BCUT2D eigenvalue weighted by Crippen LogP contribution is 2.61. The second kappa shape index (κ2) is 4.23. The van der Waals surface area contributed by atoms with E-state index >= 15 is 0 Å². The van der Waals surface area contributed by atoms with Crippen molar-refractivity contribution in [2.24, 2.45) is 23.2 Å². The average molecular weight is 222 g/mol. The van der Waals surface area contributed by atoms with E-state index in [1.165, 1.54) is 19.3 Å². The third kappa shape index (κ3) is 2.16. The van der Waals surface area contributed by atoms with E-state index in [4.69, 9.17) is 5.11 Å². The lowest BCUT2D eigenvalue weighted by atomic mass is 9.46. The van der Waals surface area contributed by atoms with Crippen molar-refractivity contribution >= 4 is 5.97 Å². The fraction of sp³-hybridized carbons (Fsp3) is 0.786. The highest BCUT2D eigenvalue weighted by atomic mass is 16.4. The SMILES string of the molecule is CC1(C)[C@@H]2CC(C/C=C/CC(=O)O)C[C@H]1C2. The summed E-state index contributed by atoms with van der Waals surface area (Å²) in [5.41, 5.74) is 0.585. The molecule has 0 spiro atoms. The summed E-state index contributed by atoms with van der Waals surface area (Å²) in [7, 11) is 0. The molecule has 3 rings (SSSR count). The van der Waals surface area contributed by atoms with Gasteiger partial charge in [0.15, 0.2) is 0 Å². The molecule has 0 amide bonds. The van der Waals surface area contributed by atoms with Crippen molar-refractivity contribution < 1.29 is 9.90 Å². The van der Waals surface area contributed by atoms with E-state index in [9.17, 15) is 4.79 Å². The summed E-state index contributed by atoms with van der Waals surface area (Å²) in [4.78, 5) is 10.3. The number of hydrogen-bond donors (Lipinski definition) is 1. The van der Waals surface area contributed by atoms with Crippen molar-refractivity contribution in [3.8, 4) is 0 Å². The Bertz CT molecular complexity index is 290. The summed E-state index contributed by atoms with van der Waals surface area (Å²) < 4.78 is 0. The first-order chi connectivity index (χ1) is 7.50. The smallest absolute Gasteiger partial charge is 0.307 e. The van der Waals surface area contributed by atoms with Gasteiger partial charge in [0, 0.05) is 0 Å². The molecule has 2 bridgehead atoms. The summed E-state index contributed by atoms with van der Waals surface area (Å²) in [6, 6.07) is 0. The molecule has 3 saturated carbocycles. The highest BCUT2D eigenvalue weighted by molar-refractivity contribution is 5.68. The zero-order valence-electron chi connectivity index (χ0n) is 10.3. The first-order valence-electron chi connectivity index (χ1n) is 6.37. The van der Waals surface area contributed by atoms with Crippen molar-refractivity contribution in [3.05, 3.63) is 12.2 Å². The molecule has 90 valence electrons. The van der Waals surface area contributed by atoms with E-state index in [0.717, 1.165) is 24.2 Å². The second-order valence-corrected chi connectivity index (χ2v) is 6.09. The maximum Gasteiger partial charge on any atom is 0.307 e. The van der Waals surface area contributed by atoms with Crippen LogP contribution in [0.25, 0.3) is 0 Å². The summed E-state index contributed by atoms with van der Waals surface area (Å²) in [6.07, 6.45) is 9.25. The second-order valence-electron chi connectivity index (χ2n) is 6.09. The maximum absolute atomic E-state index is 10.3. The Labute approximate surface area is 97.7 Å². The molecule has 3 aliphatic carbocycles. The lowest BCUT2D eigenvalue weighted by Crippen LogP contribution is -2.50. The lowest BCUT2D eigenvalue weighted by molar-refractivity contribution is -0.136. The molecule has 2 heteroatoms. The van der Waals surface area contributed by atoms with Gasteiger partial charge in [0.25, 0.3) is 0 Å². The van der Waals surface area contributed by atoms with Crippen molar-refractivity contribution in [3.63, 3.8) is 0 Å². The number of carbonyl (C=O) groups is 1. The van der Waals surface area contributed by atoms with Crippen LogP contribution in [0.5, 0.6) is 0 Å². The Hall–Kier alpha value is -0.790. The van der Waals surface area contributed by atoms with Gasteiger partial charge in [-0.25, -0.2) is 0 Å².